The van der Waals surface area contributed by atoms with Crippen LogP contribution < -0.4 is 5.32 Å². The Morgan fingerprint density at radius 2 is 0.816 bits per heavy atom. The first-order valence-corrected chi connectivity index (χ1v) is 32.4. The molecule has 0 aromatic carbocycles. The van der Waals surface area contributed by atoms with E-state index in [1.165, 1.54) is 218 Å². The second-order valence-corrected chi connectivity index (χ2v) is 22.8. The number of hydrogen-bond acceptors (Lipinski definition) is 10. The third kappa shape index (κ3) is 41.4. The Kier molecular flexibility index (Phi) is 51.3. The van der Waals surface area contributed by atoms with E-state index in [0.29, 0.717) is 12.8 Å². The van der Waals surface area contributed by atoms with Crippen molar-refractivity contribution >= 4 is 5.91 Å². The smallest absolute Gasteiger partial charge is 0.249 e. The fourth-order valence-corrected chi connectivity index (χ4v) is 10.4. The van der Waals surface area contributed by atoms with Crippen molar-refractivity contribution in [3.63, 3.8) is 0 Å². The topological polar surface area (TPSA) is 189 Å². The van der Waals surface area contributed by atoms with Crippen LogP contribution >= 0.6 is 0 Å². The molecule has 1 amide bonds. The third-order valence-electron chi connectivity index (χ3n) is 15.7. The number of carbonyl (C=O) groups excluding carboxylic acids is 1. The van der Waals surface area contributed by atoms with Crippen LogP contribution in [-0.2, 0) is 14.3 Å². The summed E-state index contributed by atoms with van der Waals surface area (Å²) >= 11 is 0. The van der Waals surface area contributed by atoms with Crippen LogP contribution in [0.15, 0.2) is 36.5 Å². The van der Waals surface area contributed by atoms with Gasteiger partial charge in [0.1, 0.15) is 36.6 Å². The number of unbranched alkanes of at least 4 members (excludes halogenated alkanes) is 38. The third-order valence-corrected chi connectivity index (χ3v) is 15.7. The van der Waals surface area contributed by atoms with Gasteiger partial charge in [0, 0.05) is 0 Å². The van der Waals surface area contributed by atoms with Crippen LogP contribution in [0, 0.1) is 0 Å². The van der Waals surface area contributed by atoms with Crippen molar-refractivity contribution in [2.45, 2.75) is 358 Å². The quantitative estimate of drug-likeness (QED) is 0.0215. The molecule has 0 saturated carbocycles. The van der Waals surface area contributed by atoms with E-state index in [1.807, 2.05) is 0 Å². The van der Waals surface area contributed by atoms with Gasteiger partial charge in [-0.3, -0.25) is 4.79 Å². The van der Waals surface area contributed by atoms with Crippen LogP contribution in [0.5, 0.6) is 0 Å². The van der Waals surface area contributed by atoms with Gasteiger partial charge < -0.3 is 50.5 Å². The lowest BCUT2D eigenvalue weighted by atomic mass is 9.98. The van der Waals surface area contributed by atoms with Crippen molar-refractivity contribution in [1.82, 2.24) is 5.32 Å². The number of amides is 1. The molecule has 11 heteroatoms. The van der Waals surface area contributed by atoms with Gasteiger partial charge in [0.05, 0.1) is 25.4 Å². The van der Waals surface area contributed by atoms with E-state index in [2.05, 4.69) is 55.6 Å². The van der Waals surface area contributed by atoms with Crippen LogP contribution in [0.25, 0.3) is 0 Å². The average Bonchev–Trinajstić information content (AvgIpc) is 3.42. The highest BCUT2D eigenvalue weighted by Crippen LogP contribution is 2.24. The summed E-state index contributed by atoms with van der Waals surface area (Å²) in [7, 11) is 0. The predicted octanol–water partition coefficient (Wildman–Crippen LogP) is 14.6. The molecule has 0 aliphatic carbocycles. The van der Waals surface area contributed by atoms with Crippen molar-refractivity contribution < 1.29 is 50.0 Å². The number of aliphatic hydroxyl groups excluding tert-OH is 7. The summed E-state index contributed by atoms with van der Waals surface area (Å²) in [4.78, 5) is 13.2. The van der Waals surface area contributed by atoms with E-state index in [-0.39, 0.29) is 12.8 Å². The van der Waals surface area contributed by atoms with Crippen LogP contribution in [0.4, 0.5) is 0 Å². The highest BCUT2D eigenvalue weighted by molar-refractivity contribution is 5.80. The maximum Gasteiger partial charge on any atom is 0.249 e. The van der Waals surface area contributed by atoms with Crippen molar-refractivity contribution in [1.29, 1.82) is 0 Å². The molecule has 0 aromatic rings. The molecule has 1 saturated heterocycles. The Hall–Kier alpha value is -1.67. The highest BCUT2D eigenvalue weighted by Gasteiger charge is 2.44. The van der Waals surface area contributed by atoms with E-state index < -0.39 is 74.2 Å². The molecule has 8 N–H and O–H groups in total. The maximum absolute atomic E-state index is 13.2. The van der Waals surface area contributed by atoms with Gasteiger partial charge in [0.25, 0.3) is 0 Å². The molecular weight excluding hydrogens is 955 g/mol. The monoisotopic (exact) mass is 1080 g/mol. The fraction of sp³-hybridized carbons (Fsp3) is 0.892. The molecule has 9 unspecified atom stereocenters. The van der Waals surface area contributed by atoms with Gasteiger partial charge >= 0.3 is 0 Å². The SMILES string of the molecule is CCCCCCCCCCC/C=C\C/C=C\CCCCCCCCCCCCCCCCCCC(O)C(=O)NC(COC1OC(CO)C(O)C(O)C1O)C(O)C(O)CCC/C=C/CCCCCCCCCCCCCC. The molecule has 0 radical (unpaired) electrons. The van der Waals surface area contributed by atoms with Gasteiger partial charge in [-0.1, -0.05) is 269 Å². The first-order chi connectivity index (χ1) is 37.2. The number of nitrogens with one attached hydrogen (secondary N) is 1. The van der Waals surface area contributed by atoms with Gasteiger partial charge in [0.2, 0.25) is 5.91 Å². The lowest BCUT2D eigenvalue weighted by Gasteiger charge is -2.40. The molecule has 1 rings (SSSR count). The second-order valence-electron chi connectivity index (χ2n) is 22.8. The summed E-state index contributed by atoms with van der Waals surface area (Å²) in [6.45, 7) is 3.47. The van der Waals surface area contributed by atoms with Gasteiger partial charge in [-0.2, -0.15) is 0 Å². The Morgan fingerprint density at radius 1 is 0.461 bits per heavy atom. The van der Waals surface area contributed by atoms with E-state index >= 15 is 0 Å². The normalized spacial score (nSPS) is 19.8. The summed E-state index contributed by atoms with van der Waals surface area (Å²) < 4.78 is 11.2. The zero-order valence-electron chi connectivity index (χ0n) is 49.2. The zero-order valence-corrected chi connectivity index (χ0v) is 49.2. The van der Waals surface area contributed by atoms with Gasteiger partial charge in [0.15, 0.2) is 6.29 Å². The summed E-state index contributed by atoms with van der Waals surface area (Å²) in [5.41, 5.74) is 0. The number of rotatable bonds is 56. The number of allylic oxidation sites excluding steroid dienone is 6. The molecule has 0 aromatic heterocycles. The summed E-state index contributed by atoms with van der Waals surface area (Å²) in [6, 6.07) is -1.18. The standard InChI is InChI=1S/C65H123NO10/c1-3-5-7-9-11-13-15-17-19-21-22-23-24-25-26-27-28-29-30-31-32-33-34-35-37-39-41-43-45-47-49-51-53-58(69)64(74)66-56(55-75-65-63(73)62(72)61(71)59(54-67)76-65)60(70)57(68)52-50-48-46-44-42-40-38-36-20-18-16-14-12-10-8-6-4-2/h22-23,25-26,44,46,56-63,65,67-73H,3-21,24,27-43,45,47-55H2,1-2H3,(H,66,74)/b23-22-,26-25-,46-44+. The second kappa shape index (κ2) is 53.9. The Labute approximate surface area is 467 Å². The maximum atomic E-state index is 13.2. The molecule has 9 atom stereocenters. The Bertz CT molecular complexity index is 1330. The predicted molar refractivity (Wildman–Crippen MR) is 316 cm³/mol. The average molecular weight is 1080 g/mol. The Morgan fingerprint density at radius 3 is 1.21 bits per heavy atom. The lowest BCUT2D eigenvalue weighted by Crippen LogP contribution is -2.60. The van der Waals surface area contributed by atoms with Crippen molar-refractivity contribution in [3.8, 4) is 0 Å². The number of hydrogen-bond donors (Lipinski definition) is 8. The Balaban J connectivity index is 2.21. The largest absolute Gasteiger partial charge is 0.394 e. The molecule has 1 heterocycles. The van der Waals surface area contributed by atoms with Crippen LogP contribution in [0.2, 0.25) is 0 Å². The highest BCUT2D eigenvalue weighted by atomic mass is 16.7. The summed E-state index contributed by atoms with van der Waals surface area (Å²) in [5.74, 6) is -0.703. The molecule has 1 aliphatic heterocycles. The first kappa shape index (κ1) is 72.3. The van der Waals surface area contributed by atoms with Crippen LogP contribution in [-0.4, -0.2) is 110 Å². The number of aliphatic hydroxyl groups is 7. The lowest BCUT2D eigenvalue weighted by molar-refractivity contribution is -0.303. The molecular formula is C65H123NO10. The summed E-state index contributed by atoms with van der Waals surface area (Å²) in [6.07, 6.45) is 56.5. The molecule has 0 bridgehead atoms. The minimum atomic E-state index is -1.67. The minimum Gasteiger partial charge on any atom is -0.394 e. The number of carbonyl (C=O) groups is 1. The first-order valence-electron chi connectivity index (χ1n) is 32.4. The van der Waals surface area contributed by atoms with E-state index in [4.69, 9.17) is 9.47 Å². The summed E-state index contributed by atoms with van der Waals surface area (Å²) in [5, 5.41) is 76.2. The van der Waals surface area contributed by atoms with Gasteiger partial charge in [-0.05, 0) is 70.6 Å². The molecule has 448 valence electrons. The minimum absolute atomic E-state index is 0.255. The molecule has 1 fully saturated rings. The van der Waals surface area contributed by atoms with E-state index in [1.54, 1.807) is 0 Å². The van der Waals surface area contributed by atoms with Crippen LogP contribution in [0.1, 0.15) is 303 Å². The molecule has 11 nitrogen and oxygen atoms in total. The van der Waals surface area contributed by atoms with Crippen molar-refractivity contribution in [3.05, 3.63) is 36.5 Å². The van der Waals surface area contributed by atoms with Crippen LogP contribution in [0.3, 0.4) is 0 Å². The zero-order chi connectivity index (χ0) is 55.4. The molecule has 1 aliphatic rings. The molecule has 0 spiro atoms. The van der Waals surface area contributed by atoms with Crippen molar-refractivity contribution in [2.24, 2.45) is 0 Å². The van der Waals surface area contributed by atoms with Gasteiger partial charge in [-0.25, -0.2) is 0 Å². The fourth-order valence-electron chi connectivity index (χ4n) is 10.4. The van der Waals surface area contributed by atoms with E-state index in [0.717, 1.165) is 44.9 Å². The number of ether oxygens (including phenoxy) is 2. The van der Waals surface area contributed by atoms with Gasteiger partial charge in [-0.15, -0.1) is 0 Å². The van der Waals surface area contributed by atoms with E-state index in [9.17, 15) is 40.5 Å². The van der Waals surface area contributed by atoms with Crippen molar-refractivity contribution in [2.75, 3.05) is 13.2 Å². The molecule has 76 heavy (non-hydrogen) atoms.